The van der Waals surface area contributed by atoms with E-state index in [0.29, 0.717) is 30.0 Å². The molecule has 0 N–H and O–H groups in total. The van der Waals surface area contributed by atoms with Crippen LogP contribution >= 0.6 is 0 Å². The summed E-state index contributed by atoms with van der Waals surface area (Å²) < 4.78 is 39.2. The van der Waals surface area contributed by atoms with E-state index in [4.69, 9.17) is 0 Å². The number of hydrogen-bond donors (Lipinski definition) is 0. The number of fused-ring (bicyclic) bond motifs is 1. The van der Waals surface area contributed by atoms with E-state index in [0.717, 1.165) is 32.0 Å². The van der Waals surface area contributed by atoms with Crippen molar-refractivity contribution in [1.29, 1.82) is 0 Å². The second-order valence-electron chi connectivity index (χ2n) is 9.58. The number of likely N-dealkylation sites (tertiary alicyclic amines) is 1. The van der Waals surface area contributed by atoms with Gasteiger partial charge in [-0.05, 0) is 36.5 Å². The van der Waals surface area contributed by atoms with Crippen molar-refractivity contribution in [3.8, 4) is 0 Å². The second kappa shape index (κ2) is 8.89. The van der Waals surface area contributed by atoms with Crippen LogP contribution in [0.25, 0.3) is 0 Å². The highest BCUT2D eigenvalue weighted by Gasteiger charge is 2.56. The van der Waals surface area contributed by atoms with E-state index < -0.39 is 12.6 Å². The molecule has 2 atom stereocenters. The van der Waals surface area contributed by atoms with Gasteiger partial charge >= 0.3 is 6.18 Å². The first kappa shape index (κ1) is 21.7. The number of amides is 1. The third-order valence-corrected chi connectivity index (χ3v) is 7.32. The fourth-order valence-electron chi connectivity index (χ4n) is 5.56. The molecular formula is C22H33F3N4O. The predicted octanol–water partition coefficient (Wildman–Crippen LogP) is 3.96. The number of carbonyl (C=O) groups is 1. The molecule has 1 aromatic heterocycles. The molecule has 2 saturated carbocycles. The quantitative estimate of drug-likeness (QED) is 0.600. The molecule has 0 radical (unpaired) electrons. The Kier molecular flexibility index (Phi) is 6.42. The van der Waals surface area contributed by atoms with Crippen LogP contribution in [0.15, 0.2) is 12.5 Å². The Morgan fingerprint density at radius 1 is 1.23 bits per heavy atom. The first-order chi connectivity index (χ1) is 14.3. The van der Waals surface area contributed by atoms with E-state index in [-0.39, 0.29) is 12.5 Å². The monoisotopic (exact) mass is 426 g/mol. The van der Waals surface area contributed by atoms with Crippen LogP contribution in [0.4, 0.5) is 13.2 Å². The summed E-state index contributed by atoms with van der Waals surface area (Å²) >= 11 is 0. The molecule has 2 heterocycles. The van der Waals surface area contributed by atoms with Gasteiger partial charge in [0, 0.05) is 46.0 Å². The Bertz CT molecular complexity index is 716. The van der Waals surface area contributed by atoms with Gasteiger partial charge < -0.3 is 14.4 Å². The number of nitrogens with zero attached hydrogens (tertiary/aromatic N) is 4. The van der Waals surface area contributed by atoms with Gasteiger partial charge in [-0.3, -0.25) is 4.79 Å². The summed E-state index contributed by atoms with van der Waals surface area (Å²) in [5, 5.41) is 0. The van der Waals surface area contributed by atoms with Crippen LogP contribution in [0.3, 0.4) is 0 Å². The SMILES string of the molecule is Cn1cnc(C(=O)N(CCCC2CCCC2)CC2C3CN(CCC(F)(F)F)CC32)c1. The number of piperidine rings is 1. The predicted molar refractivity (Wildman–Crippen MR) is 108 cm³/mol. The maximum atomic E-state index is 13.1. The third kappa shape index (κ3) is 5.37. The summed E-state index contributed by atoms with van der Waals surface area (Å²) in [7, 11) is 1.86. The molecule has 168 valence electrons. The minimum absolute atomic E-state index is 0.0130. The topological polar surface area (TPSA) is 41.4 Å². The van der Waals surface area contributed by atoms with Gasteiger partial charge in [-0.1, -0.05) is 25.7 Å². The Hall–Kier alpha value is -1.57. The van der Waals surface area contributed by atoms with Crippen LogP contribution in [-0.2, 0) is 7.05 Å². The molecule has 1 aromatic rings. The number of rotatable bonds is 9. The van der Waals surface area contributed by atoms with Crippen LogP contribution in [0.2, 0.25) is 0 Å². The highest BCUT2D eigenvalue weighted by atomic mass is 19.4. The van der Waals surface area contributed by atoms with E-state index in [1.165, 1.54) is 32.1 Å². The number of aromatic nitrogens is 2. The van der Waals surface area contributed by atoms with Crippen molar-refractivity contribution < 1.29 is 18.0 Å². The molecule has 8 heteroatoms. The minimum Gasteiger partial charge on any atom is -0.340 e. The summed E-state index contributed by atoms with van der Waals surface area (Å²) in [5.74, 6) is 2.09. The molecule has 4 rings (SSSR count). The molecule has 0 bridgehead atoms. The summed E-state index contributed by atoms with van der Waals surface area (Å²) in [5.41, 5.74) is 0.482. The summed E-state index contributed by atoms with van der Waals surface area (Å²) in [6, 6.07) is 0. The van der Waals surface area contributed by atoms with E-state index >= 15 is 0 Å². The number of alkyl halides is 3. The molecule has 1 aliphatic heterocycles. The van der Waals surface area contributed by atoms with Gasteiger partial charge in [-0.15, -0.1) is 0 Å². The molecule has 2 aliphatic carbocycles. The van der Waals surface area contributed by atoms with Gasteiger partial charge in [0.05, 0.1) is 12.7 Å². The zero-order valence-electron chi connectivity index (χ0n) is 17.8. The fourth-order valence-corrected chi connectivity index (χ4v) is 5.56. The molecule has 2 unspecified atom stereocenters. The van der Waals surface area contributed by atoms with Crippen LogP contribution in [0.5, 0.6) is 0 Å². The van der Waals surface area contributed by atoms with Crippen molar-refractivity contribution in [1.82, 2.24) is 19.4 Å². The van der Waals surface area contributed by atoms with E-state index in [1.807, 2.05) is 16.8 Å². The summed E-state index contributed by atoms with van der Waals surface area (Å²) in [6.45, 7) is 3.03. The van der Waals surface area contributed by atoms with Gasteiger partial charge in [0.1, 0.15) is 5.69 Å². The highest BCUT2D eigenvalue weighted by Crippen LogP contribution is 2.52. The van der Waals surface area contributed by atoms with Crippen molar-refractivity contribution in [2.45, 2.75) is 51.1 Å². The normalized spacial score (nSPS) is 26.9. The fraction of sp³-hybridized carbons (Fsp3) is 0.818. The lowest BCUT2D eigenvalue weighted by atomic mass is 10.0. The van der Waals surface area contributed by atoms with Crippen LogP contribution in [0, 0.1) is 23.7 Å². The van der Waals surface area contributed by atoms with Crippen molar-refractivity contribution in [3.05, 3.63) is 18.2 Å². The van der Waals surface area contributed by atoms with Crippen LogP contribution in [0.1, 0.15) is 55.4 Å². The standard InChI is InChI=1S/C22H33F3N4O/c1-27-14-20(26-15-27)21(30)29(9-4-7-16-5-2-3-6-16)13-19-17-11-28(12-18(17)19)10-8-22(23,24)25/h14-19H,2-13H2,1H3. The zero-order chi connectivity index (χ0) is 21.3. The molecule has 0 spiro atoms. The number of imidazole rings is 1. The van der Waals surface area contributed by atoms with Crippen molar-refractivity contribution in [2.24, 2.45) is 30.7 Å². The second-order valence-corrected chi connectivity index (χ2v) is 9.58. The van der Waals surface area contributed by atoms with Crippen molar-refractivity contribution in [3.63, 3.8) is 0 Å². The van der Waals surface area contributed by atoms with Gasteiger partial charge in [-0.2, -0.15) is 13.2 Å². The lowest BCUT2D eigenvalue weighted by Crippen LogP contribution is -2.37. The van der Waals surface area contributed by atoms with E-state index in [9.17, 15) is 18.0 Å². The number of carbonyl (C=O) groups excluding carboxylic acids is 1. The van der Waals surface area contributed by atoms with Gasteiger partial charge in [0.15, 0.2) is 0 Å². The Morgan fingerprint density at radius 2 is 1.93 bits per heavy atom. The number of aryl methyl sites for hydroxylation is 1. The Morgan fingerprint density at radius 3 is 2.53 bits per heavy atom. The lowest BCUT2D eigenvalue weighted by Gasteiger charge is -2.25. The third-order valence-electron chi connectivity index (χ3n) is 7.32. The van der Waals surface area contributed by atoms with Gasteiger partial charge in [0.2, 0.25) is 0 Å². The van der Waals surface area contributed by atoms with Crippen LogP contribution < -0.4 is 0 Å². The Balaban J connectivity index is 1.29. The lowest BCUT2D eigenvalue weighted by molar-refractivity contribution is -0.137. The minimum atomic E-state index is -4.09. The first-order valence-electron chi connectivity index (χ1n) is 11.4. The molecule has 3 aliphatic rings. The highest BCUT2D eigenvalue weighted by molar-refractivity contribution is 5.92. The average molecular weight is 427 g/mol. The molecule has 30 heavy (non-hydrogen) atoms. The molecular weight excluding hydrogens is 393 g/mol. The van der Waals surface area contributed by atoms with Crippen molar-refractivity contribution >= 4 is 5.91 Å². The van der Waals surface area contributed by atoms with Gasteiger partial charge in [-0.25, -0.2) is 4.98 Å². The molecule has 5 nitrogen and oxygen atoms in total. The van der Waals surface area contributed by atoms with Crippen LogP contribution in [-0.4, -0.2) is 64.2 Å². The molecule has 1 saturated heterocycles. The zero-order valence-corrected chi connectivity index (χ0v) is 17.8. The maximum Gasteiger partial charge on any atom is 0.390 e. The summed E-state index contributed by atoms with van der Waals surface area (Å²) in [6.07, 6.45) is 6.07. The van der Waals surface area contributed by atoms with E-state index in [2.05, 4.69) is 4.98 Å². The average Bonchev–Trinajstić information content (AvgIpc) is 3.21. The van der Waals surface area contributed by atoms with E-state index in [1.54, 1.807) is 17.1 Å². The summed E-state index contributed by atoms with van der Waals surface area (Å²) in [4.78, 5) is 21.2. The molecule has 0 aromatic carbocycles. The van der Waals surface area contributed by atoms with Gasteiger partial charge in [0.25, 0.3) is 5.91 Å². The number of hydrogen-bond acceptors (Lipinski definition) is 3. The Labute approximate surface area is 176 Å². The van der Waals surface area contributed by atoms with Crippen molar-refractivity contribution in [2.75, 3.05) is 32.7 Å². The molecule has 1 amide bonds. The first-order valence-corrected chi connectivity index (χ1v) is 11.4. The molecule has 3 fully saturated rings. The largest absolute Gasteiger partial charge is 0.390 e. The number of halogens is 3. The maximum absolute atomic E-state index is 13.1. The smallest absolute Gasteiger partial charge is 0.340 e.